The maximum Gasteiger partial charge on any atom is 0.255 e. The first-order chi connectivity index (χ1) is 13.6. The van der Waals surface area contributed by atoms with E-state index < -0.39 is 17.5 Å². The van der Waals surface area contributed by atoms with Crippen LogP contribution in [-0.2, 0) is 19.5 Å². The zero-order valence-electron chi connectivity index (χ0n) is 15.3. The molecule has 0 saturated heterocycles. The van der Waals surface area contributed by atoms with E-state index in [0.29, 0.717) is 5.56 Å². The fraction of sp³-hybridized carbons (Fsp3) is 0.174. The molecule has 1 aliphatic rings. The van der Waals surface area contributed by atoms with Crippen molar-refractivity contribution in [1.29, 1.82) is 0 Å². The number of benzene rings is 3. The van der Waals surface area contributed by atoms with Gasteiger partial charge in [-0.05, 0) is 29.8 Å². The van der Waals surface area contributed by atoms with Crippen LogP contribution in [-0.4, -0.2) is 12.5 Å². The quantitative estimate of drug-likeness (QED) is 0.716. The molecule has 0 saturated carbocycles. The first-order valence-corrected chi connectivity index (χ1v) is 9.34. The molecule has 142 valence electrons. The molecule has 1 unspecified atom stereocenters. The maximum absolute atomic E-state index is 13.7. The molecule has 0 radical (unpaired) electrons. The van der Waals surface area contributed by atoms with Crippen molar-refractivity contribution in [1.82, 2.24) is 0 Å². The van der Waals surface area contributed by atoms with Gasteiger partial charge in [-0.25, -0.2) is 8.78 Å². The lowest BCUT2D eigenvalue weighted by Crippen LogP contribution is -3.10. The topological polar surface area (TPSA) is 33.5 Å². The zero-order valence-corrected chi connectivity index (χ0v) is 15.3. The zero-order chi connectivity index (χ0) is 19.5. The van der Waals surface area contributed by atoms with Crippen LogP contribution < -0.4 is 10.2 Å². The van der Waals surface area contributed by atoms with Crippen LogP contribution in [0.3, 0.4) is 0 Å². The van der Waals surface area contributed by atoms with Gasteiger partial charge < -0.3 is 10.2 Å². The van der Waals surface area contributed by atoms with Gasteiger partial charge >= 0.3 is 0 Å². The molecule has 3 aromatic rings. The van der Waals surface area contributed by atoms with Gasteiger partial charge in [0.25, 0.3) is 5.91 Å². The number of nitrogens with one attached hydrogen (secondary N) is 2. The summed E-state index contributed by atoms with van der Waals surface area (Å²) in [5.74, 6) is -1.89. The second-order valence-corrected chi connectivity index (χ2v) is 7.15. The summed E-state index contributed by atoms with van der Waals surface area (Å²) in [7, 11) is 0. The van der Waals surface area contributed by atoms with Gasteiger partial charge in [-0.15, -0.1) is 0 Å². The fourth-order valence-corrected chi connectivity index (χ4v) is 3.64. The van der Waals surface area contributed by atoms with E-state index in [1.165, 1.54) is 22.1 Å². The van der Waals surface area contributed by atoms with Gasteiger partial charge in [-0.3, -0.25) is 4.79 Å². The van der Waals surface area contributed by atoms with Gasteiger partial charge in [0, 0.05) is 29.2 Å². The average Bonchev–Trinajstić information content (AvgIpc) is 2.70. The normalized spacial score (nSPS) is 15.7. The van der Waals surface area contributed by atoms with Gasteiger partial charge in [-0.1, -0.05) is 36.4 Å². The van der Waals surface area contributed by atoms with Crippen molar-refractivity contribution < 1.29 is 18.5 Å². The van der Waals surface area contributed by atoms with E-state index in [0.717, 1.165) is 43.8 Å². The summed E-state index contributed by atoms with van der Waals surface area (Å²) >= 11 is 0. The standard InChI is InChI=1S/C23H20F2N2O/c24-20-9-10-22(21(25)13-20)26-23(28)18-7-5-16(6-8-18)14-27-12-11-17-3-1-2-4-19(17)15-27/h1-10,13H,11-12,14-15H2,(H,26,28)/p+1. The summed E-state index contributed by atoms with van der Waals surface area (Å²) in [6.07, 6.45) is 1.08. The minimum absolute atomic E-state index is 0.0353. The Kier molecular flexibility index (Phi) is 5.17. The molecular weight excluding hydrogens is 358 g/mol. The van der Waals surface area contributed by atoms with Crippen LogP contribution >= 0.6 is 0 Å². The first kappa shape index (κ1) is 18.3. The summed E-state index contributed by atoms with van der Waals surface area (Å²) in [5.41, 5.74) is 4.39. The molecule has 28 heavy (non-hydrogen) atoms. The van der Waals surface area contributed by atoms with Crippen molar-refractivity contribution in [3.63, 3.8) is 0 Å². The second-order valence-electron chi connectivity index (χ2n) is 7.15. The highest BCUT2D eigenvalue weighted by Crippen LogP contribution is 2.16. The lowest BCUT2D eigenvalue weighted by molar-refractivity contribution is -0.929. The molecule has 0 fully saturated rings. The fourth-order valence-electron chi connectivity index (χ4n) is 3.64. The van der Waals surface area contributed by atoms with Crippen LogP contribution in [0.25, 0.3) is 0 Å². The van der Waals surface area contributed by atoms with Crippen LogP contribution in [0.15, 0.2) is 66.7 Å². The predicted octanol–water partition coefficient (Wildman–Crippen LogP) is 3.36. The molecule has 0 bridgehead atoms. The van der Waals surface area contributed by atoms with Crippen LogP contribution in [0.1, 0.15) is 27.0 Å². The van der Waals surface area contributed by atoms with Crippen molar-refractivity contribution in [2.75, 3.05) is 11.9 Å². The van der Waals surface area contributed by atoms with Gasteiger partial charge in [0.2, 0.25) is 0 Å². The molecule has 1 aliphatic heterocycles. The first-order valence-electron chi connectivity index (χ1n) is 9.34. The van der Waals surface area contributed by atoms with E-state index in [9.17, 15) is 13.6 Å². The third kappa shape index (κ3) is 4.10. The van der Waals surface area contributed by atoms with E-state index >= 15 is 0 Å². The van der Waals surface area contributed by atoms with Gasteiger partial charge in [0.15, 0.2) is 0 Å². The number of anilines is 1. The molecule has 1 atom stereocenters. The Labute approximate surface area is 162 Å². The summed E-state index contributed by atoms with van der Waals surface area (Å²) in [6.45, 7) is 2.98. The molecule has 3 nitrogen and oxygen atoms in total. The van der Waals surface area contributed by atoms with Crippen LogP contribution in [0.5, 0.6) is 0 Å². The highest BCUT2D eigenvalue weighted by Gasteiger charge is 2.19. The Morgan fingerprint density at radius 1 is 0.964 bits per heavy atom. The number of carbonyl (C=O) groups excluding carboxylic acids is 1. The number of halogens is 2. The Bertz CT molecular complexity index is 1000. The molecule has 3 aromatic carbocycles. The minimum atomic E-state index is -0.793. The summed E-state index contributed by atoms with van der Waals surface area (Å²) in [6, 6.07) is 19.0. The van der Waals surface area contributed by atoms with E-state index in [2.05, 4.69) is 29.6 Å². The van der Waals surface area contributed by atoms with Crippen LogP contribution in [0, 0.1) is 11.6 Å². The largest absolute Gasteiger partial charge is 0.327 e. The van der Waals surface area contributed by atoms with Crippen LogP contribution in [0.4, 0.5) is 14.5 Å². The lowest BCUT2D eigenvalue weighted by Gasteiger charge is -2.26. The molecule has 0 spiro atoms. The van der Waals surface area contributed by atoms with Crippen molar-refractivity contribution >= 4 is 11.6 Å². The van der Waals surface area contributed by atoms with Crippen LogP contribution in [0.2, 0.25) is 0 Å². The molecule has 2 N–H and O–H groups in total. The summed E-state index contributed by atoms with van der Waals surface area (Å²) < 4.78 is 26.7. The van der Waals surface area contributed by atoms with Gasteiger partial charge in [-0.2, -0.15) is 0 Å². The molecule has 4 rings (SSSR count). The molecule has 0 aromatic heterocycles. The Hall–Kier alpha value is -3.05. The average molecular weight is 379 g/mol. The molecule has 1 heterocycles. The van der Waals surface area contributed by atoms with Gasteiger partial charge in [0.05, 0.1) is 12.2 Å². The molecule has 5 heteroatoms. The van der Waals surface area contributed by atoms with E-state index in [1.807, 2.05) is 12.1 Å². The Morgan fingerprint density at radius 3 is 2.46 bits per heavy atom. The lowest BCUT2D eigenvalue weighted by atomic mass is 9.99. The Balaban J connectivity index is 1.39. The third-order valence-corrected chi connectivity index (χ3v) is 5.16. The number of hydrogen-bond donors (Lipinski definition) is 2. The maximum atomic E-state index is 13.7. The van der Waals surface area contributed by atoms with E-state index in [1.54, 1.807) is 12.1 Å². The highest BCUT2D eigenvalue weighted by atomic mass is 19.1. The van der Waals surface area contributed by atoms with Gasteiger partial charge in [0.1, 0.15) is 24.7 Å². The molecule has 1 amide bonds. The summed E-state index contributed by atoms with van der Waals surface area (Å²) in [4.78, 5) is 13.8. The Morgan fingerprint density at radius 2 is 1.71 bits per heavy atom. The number of hydrogen-bond acceptors (Lipinski definition) is 1. The monoisotopic (exact) mass is 379 g/mol. The number of carbonyl (C=O) groups is 1. The van der Waals surface area contributed by atoms with Crippen molar-refractivity contribution in [3.05, 3.63) is 101 Å². The highest BCUT2D eigenvalue weighted by molar-refractivity contribution is 6.04. The number of rotatable bonds is 4. The van der Waals surface area contributed by atoms with E-state index in [4.69, 9.17) is 0 Å². The van der Waals surface area contributed by atoms with Crippen molar-refractivity contribution in [3.8, 4) is 0 Å². The predicted molar refractivity (Wildman–Crippen MR) is 104 cm³/mol. The van der Waals surface area contributed by atoms with Crippen molar-refractivity contribution in [2.24, 2.45) is 0 Å². The number of fused-ring (bicyclic) bond motifs is 1. The van der Waals surface area contributed by atoms with Crippen molar-refractivity contribution in [2.45, 2.75) is 19.5 Å². The number of quaternary nitrogens is 1. The minimum Gasteiger partial charge on any atom is -0.327 e. The smallest absolute Gasteiger partial charge is 0.255 e. The molecular formula is C23H21F2N2O+. The SMILES string of the molecule is O=C(Nc1ccc(F)cc1F)c1ccc(C[NH+]2CCc3ccccc3C2)cc1. The summed E-state index contributed by atoms with van der Waals surface area (Å²) in [5, 5.41) is 2.48. The number of amides is 1. The molecule has 0 aliphatic carbocycles. The van der Waals surface area contributed by atoms with E-state index in [-0.39, 0.29) is 5.69 Å². The third-order valence-electron chi connectivity index (χ3n) is 5.16. The second kappa shape index (κ2) is 7.90.